The lowest BCUT2D eigenvalue weighted by molar-refractivity contribution is 0.0402. The van der Waals surface area contributed by atoms with Crippen molar-refractivity contribution in [1.29, 1.82) is 0 Å². The lowest BCUT2D eigenvalue weighted by Gasteiger charge is -2.20. The summed E-state index contributed by atoms with van der Waals surface area (Å²) in [4.78, 5) is 18.5. The summed E-state index contributed by atoms with van der Waals surface area (Å²) in [6, 6.07) is 9.14. The number of nitrogens with zero attached hydrogens (tertiary/aromatic N) is 3. The number of hydrogen-bond acceptors (Lipinski definition) is 7. The summed E-state index contributed by atoms with van der Waals surface area (Å²) in [6.07, 6.45) is 6.00. The lowest BCUT2D eigenvalue weighted by Crippen LogP contribution is -2.24. The Morgan fingerprint density at radius 3 is 2.44 bits per heavy atom. The molecule has 1 unspecified atom stereocenters. The van der Waals surface area contributed by atoms with E-state index in [9.17, 15) is 4.79 Å². The maximum Gasteiger partial charge on any atom is 0.339 e. The SMILES string of the molecule is COC(=O)c1ccc(N2CC3C[C@@H](OCc4c(-c5c(Cl)cccc5Cl)noc4C4CC4)C[C@H]3C2)nc1. The summed E-state index contributed by atoms with van der Waals surface area (Å²) in [5, 5.41) is 5.49. The second kappa shape index (κ2) is 9.69. The quantitative estimate of drug-likeness (QED) is 0.341. The van der Waals surface area contributed by atoms with Crippen molar-refractivity contribution in [1.82, 2.24) is 10.1 Å². The van der Waals surface area contributed by atoms with Crippen LogP contribution < -0.4 is 4.90 Å². The second-order valence-electron chi connectivity index (χ2n) is 9.97. The number of methoxy groups -OCH3 is 1. The van der Waals surface area contributed by atoms with Crippen LogP contribution in [0.5, 0.6) is 0 Å². The van der Waals surface area contributed by atoms with Crippen LogP contribution in [0.25, 0.3) is 11.3 Å². The lowest BCUT2D eigenvalue weighted by atomic mass is 10.0. The van der Waals surface area contributed by atoms with E-state index in [0.717, 1.165) is 55.9 Å². The minimum Gasteiger partial charge on any atom is -0.465 e. The smallest absolute Gasteiger partial charge is 0.339 e. The molecule has 3 aliphatic rings. The minimum atomic E-state index is -0.370. The second-order valence-corrected chi connectivity index (χ2v) is 10.8. The Labute approximate surface area is 219 Å². The molecule has 0 spiro atoms. The van der Waals surface area contributed by atoms with Gasteiger partial charge in [0, 0.05) is 36.3 Å². The van der Waals surface area contributed by atoms with Gasteiger partial charge < -0.3 is 18.9 Å². The third kappa shape index (κ3) is 4.49. The highest BCUT2D eigenvalue weighted by Crippen LogP contribution is 2.47. The average molecular weight is 528 g/mol. The topological polar surface area (TPSA) is 77.7 Å². The molecule has 3 aromatic rings. The number of fused-ring (bicyclic) bond motifs is 1. The van der Waals surface area contributed by atoms with Crippen molar-refractivity contribution in [3.8, 4) is 11.3 Å². The van der Waals surface area contributed by atoms with Crippen LogP contribution in [-0.4, -0.2) is 42.4 Å². The zero-order valence-corrected chi connectivity index (χ0v) is 21.5. The third-order valence-corrected chi connectivity index (χ3v) is 8.26. The van der Waals surface area contributed by atoms with Crippen molar-refractivity contribution in [3.63, 3.8) is 0 Å². The van der Waals surface area contributed by atoms with Gasteiger partial charge in [-0.15, -0.1) is 0 Å². The van der Waals surface area contributed by atoms with E-state index in [1.807, 2.05) is 24.3 Å². The first-order valence-corrected chi connectivity index (χ1v) is 13.1. The highest BCUT2D eigenvalue weighted by molar-refractivity contribution is 6.39. The molecule has 7 nitrogen and oxygen atoms in total. The van der Waals surface area contributed by atoms with Crippen molar-refractivity contribution >= 4 is 35.0 Å². The van der Waals surface area contributed by atoms with E-state index in [1.165, 1.54) is 7.11 Å². The van der Waals surface area contributed by atoms with Gasteiger partial charge in [0.1, 0.15) is 17.3 Å². The Morgan fingerprint density at radius 1 is 1.11 bits per heavy atom. The summed E-state index contributed by atoms with van der Waals surface area (Å²) in [6.45, 7) is 2.32. The first kappa shape index (κ1) is 23.8. The number of halogens is 2. The van der Waals surface area contributed by atoms with Gasteiger partial charge in [0.15, 0.2) is 0 Å². The Kier molecular flexibility index (Phi) is 6.40. The number of hydrogen-bond donors (Lipinski definition) is 0. The molecule has 9 heteroatoms. The summed E-state index contributed by atoms with van der Waals surface area (Å²) < 4.78 is 17.0. The van der Waals surface area contributed by atoms with Crippen LogP contribution in [-0.2, 0) is 16.1 Å². The Bertz CT molecular complexity index is 1240. The first-order valence-electron chi connectivity index (χ1n) is 12.4. The molecule has 1 aliphatic heterocycles. The maximum absolute atomic E-state index is 11.7. The fourth-order valence-corrected chi connectivity index (χ4v) is 6.21. The number of carbonyl (C=O) groups excluding carboxylic acids is 1. The van der Waals surface area contributed by atoms with E-state index in [-0.39, 0.29) is 12.1 Å². The number of ether oxygens (including phenoxy) is 2. The zero-order valence-electron chi connectivity index (χ0n) is 20.0. The molecule has 1 aromatic carbocycles. The predicted molar refractivity (Wildman–Crippen MR) is 137 cm³/mol. The molecule has 0 radical (unpaired) electrons. The summed E-state index contributed by atoms with van der Waals surface area (Å²) in [5.41, 5.74) is 2.84. The molecular weight excluding hydrogens is 501 g/mol. The molecule has 0 amide bonds. The van der Waals surface area contributed by atoms with Gasteiger partial charge in [0.2, 0.25) is 0 Å². The summed E-state index contributed by atoms with van der Waals surface area (Å²) >= 11 is 13.0. The number of aromatic nitrogens is 2. The van der Waals surface area contributed by atoms with Crippen LogP contribution >= 0.6 is 23.2 Å². The Hall–Kier alpha value is -2.61. The van der Waals surface area contributed by atoms with Crippen molar-refractivity contribution in [2.24, 2.45) is 11.8 Å². The van der Waals surface area contributed by atoms with Gasteiger partial charge in [-0.05, 0) is 61.8 Å². The fourth-order valence-electron chi connectivity index (χ4n) is 5.63. The Morgan fingerprint density at radius 2 is 1.83 bits per heavy atom. The molecule has 2 aromatic heterocycles. The molecule has 3 atom stereocenters. The molecule has 2 saturated carbocycles. The van der Waals surface area contributed by atoms with Gasteiger partial charge in [-0.25, -0.2) is 9.78 Å². The molecule has 3 heterocycles. The van der Waals surface area contributed by atoms with Gasteiger partial charge in [-0.1, -0.05) is 34.4 Å². The Balaban J connectivity index is 1.11. The van der Waals surface area contributed by atoms with Crippen LogP contribution in [0.4, 0.5) is 5.82 Å². The molecule has 2 aliphatic carbocycles. The minimum absolute atomic E-state index is 0.188. The highest BCUT2D eigenvalue weighted by Gasteiger charge is 2.42. The molecule has 0 bridgehead atoms. The van der Waals surface area contributed by atoms with Gasteiger partial charge in [0.25, 0.3) is 0 Å². The number of benzene rings is 1. The predicted octanol–water partition coefficient (Wildman–Crippen LogP) is 6.14. The molecule has 188 valence electrons. The summed E-state index contributed by atoms with van der Waals surface area (Å²) in [7, 11) is 1.37. The number of anilines is 1. The maximum atomic E-state index is 11.7. The first-order chi connectivity index (χ1) is 17.5. The van der Waals surface area contributed by atoms with Crippen molar-refractivity contribution in [3.05, 3.63) is 63.5 Å². The van der Waals surface area contributed by atoms with Gasteiger partial charge in [-0.3, -0.25) is 0 Å². The van der Waals surface area contributed by atoms with Crippen molar-refractivity contribution < 1.29 is 18.8 Å². The molecule has 36 heavy (non-hydrogen) atoms. The zero-order chi connectivity index (χ0) is 24.8. The molecular formula is C27H27Cl2N3O4. The number of esters is 1. The van der Waals surface area contributed by atoms with Crippen LogP contribution in [0.3, 0.4) is 0 Å². The van der Waals surface area contributed by atoms with E-state index in [1.54, 1.807) is 12.3 Å². The average Bonchev–Trinajstić information content (AvgIpc) is 3.35. The fraction of sp³-hybridized carbons (Fsp3) is 0.444. The van der Waals surface area contributed by atoms with Crippen molar-refractivity contribution in [2.75, 3.05) is 25.1 Å². The van der Waals surface area contributed by atoms with Gasteiger partial charge in [0.05, 0.1) is 35.4 Å². The van der Waals surface area contributed by atoms with E-state index in [2.05, 4.69) is 15.0 Å². The van der Waals surface area contributed by atoms with E-state index in [0.29, 0.717) is 51.2 Å². The number of carbonyl (C=O) groups is 1. The standard InChI is InChI=1S/C27H27Cl2N3O4/c1-34-27(33)16-7-8-23(30-11-16)32-12-17-9-19(10-18(17)13-32)35-14-20-25(31-36-26(20)15-5-6-15)24-21(28)3-2-4-22(24)29/h2-4,7-8,11,15,17-19H,5-6,9-10,12-14H2,1H3/t17-,18?,19-/m0/s1. The molecule has 3 fully saturated rings. The van der Waals surface area contributed by atoms with E-state index >= 15 is 0 Å². The third-order valence-electron chi connectivity index (χ3n) is 7.63. The van der Waals surface area contributed by atoms with E-state index in [4.69, 9.17) is 37.2 Å². The number of pyridine rings is 1. The number of rotatable bonds is 7. The molecule has 6 rings (SSSR count). The highest BCUT2D eigenvalue weighted by atomic mass is 35.5. The van der Waals surface area contributed by atoms with Gasteiger partial charge >= 0.3 is 5.97 Å². The van der Waals surface area contributed by atoms with Crippen molar-refractivity contribution in [2.45, 2.75) is 44.3 Å². The van der Waals surface area contributed by atoms with Crippen LogP contribution in [0.2, 0.25) is 10.0 Å². The van der Waals surface area contributed by atoms with E-state index < -0.39 is 0 Å². The monoisotopic (exact) mass is 527 g/mol. The van der Waals surface area contributed by atoms with Crippen LogP contribution in [0.1, 0.15) is 53.3 Å². The van der Waals surface area contributed by atoms with Gasteiger partial charge in [-0.2, -0.15) is 0 Å². The summed E-state index contributed by atoms with van der Waals surface area (Å²) in [5.74, 6) is 2.95. The van der Waals surface area contributed by atoms with Crippen LogP contribution in [0.15, 0.2) is 41.1 Å². The molecule has 1 saturated heterocycles. The molecule has 0 N–H and O–H groups in total. The normalized spacial score (nSPS) is 23.2. The van der Waals surface area contributed by atoms with Crippen LogP contribution in [0, 0.1) is 11.8 Å². The largest absolute Gasteiger partial charge is 0.465 e.